The molecule has 4 aromatic carbocycles. The van der Waals surface area contributed by atoms with Crippen molar-refractivity contribution in [2.75, 3.05) is 11.5 Å². The number of anilines is 2. The summed E-state index contributed by atoms with van der Waals surface area (Å²) < 4.78 is 4.39. The minimum atomic E-state index is 0.803. The van der Waals surface area contributed by atoms with Crippen LogP contribution in [0.5, 0.6) is 0 Å². The van der Waals surface area contributed by atoms with E-state index in [0.717, 1.165) is 63.8 Å². The van der Waals surface area contributed by atoms with Crippen molar-refractivity contribution in [1.29, 1.82) is 0 Å². The van der Waals surface area contributed by atoms with Gasteiger partial charge in [0.15, 0.2) is 12.4 Å². The highest BCUT2D eigenvalue weighted by Crippen LogP contribution is 2.20. The summed E-state index contributed by atoms with van der Waals surface area (Å²) in [6, 6.07) is 38.2. The molecule has 0 saturated carbocycles. The molecule has 0 amide bonds. The second-order valence-corrected chi connectivity index (χ2v) is 9.50. The molecule has 6 aromatic rings. The second kappa shape index (κ2) is 9.75. The van der Waals surface area contributed by atoms with Gasteiger partial charge in [0.25, 0.3) is 0 Å². The Kier molecular flexibility index (Phi) is 5.99. The van der Waals surface area contributed by atoms with E-state index >= 15 is 0 Å². The maximum absolute atomic E-state index is 6.18. The number of hydrogen-bond acceptors (Lipinski definition) is 2. The van der Waals surface area contributed by atoms with Crippen LogP contribution in [0.4, 0.5) is 11.4 Å². The third-order valence-electron chi connectivity index (χ3n) is 7.12. The highest BCUT2D eigenvalue weighted by atomic mass is 15.0. The molecular formula is C33H30N4+2. The molecule has 6 rings (SSSR count). The lowest BCUT2D eigenvalue weighted by Gasteiger charge is -2.06. The number of benzene rings is 4. The number of para-hydroxylation sites is 2. The zero-order chi connectivity index (χ0) is 25.2. The number of aryl methyl sites for hydroxylation is 2. The predicted molar refractivity (Wildman–Crippen MR) is 152 cm³/mol. The number of aromatic nitrogens is 2. The maximum Gasteiger partial charge on any atom is 0.220 e. The number of nitrogens with two attached hydrogens (primary N) is 2. The first-order chi connectivity index (χ1) is 18.2. The van der Waals surface area contributed by atoms with Gasteiger partial charge in [0, 0.05) is 48.5 Å². The molecule has 4 heteroatoms. The van der Waals surface area contributed by atoms with Gasteiger partial charge in [-0.2, -0.15) is 9.13 Å². The van der Waals surface area contributed by atoms with Gasteiger partial charge in [-0.15, -0.1) is 0 Å². The smallest absolute Gasteiger partial charge is 0.220 e. The SMILES string of the molecule is Nc1cc[n+](-c2ccc(CCCc3ccc(-[n+]4ccc(N)c5ccccc54)cc3)cc2)c2ccccc12. The minimum absolute atomic E-state index is 0.803. The lowest BCUT2D eigenvalue weighted by atomic mass is 10.0. The molecule has 0 spiro atoms. The van der Waals surface area contributed by atoms with Crippen LogP contribution in [-0.4, -0.2) is 0 Å². The Labute approximate surface area is 217 Å². The van der Waals surface area contributed by atoms with E-state index in [0.29, 0.717) is 0 Å². The number of nitrogen functional groups attached to an aromatic ring is 2. The number of pyridine rings is 2. The Hall–Kier alpha value is -4.70. The molecule has 2 heterocycles. The molecule has 0 fully saturated rings. The van der Waals surface area contributed by atoms with Crippen molar-refractivity contribution in [2.24, 2.45) is 0 Å². The zero-order valence-corrected chi connectivity index (χ0v) is 20.7. The first-order valence-electron chi connectivity index (χ1n) is 12.7. The Morgan fingerprint density at radius 1 is 0.459 bits per heavy atom. The Morgan fingerprint density at radius 3 is 1.30 bits per heavy atom. The van der Waals surface area contributed by atoms with E-state index < -0.39 is 0 Å². The molecule has 0 radical (unpaired) electrons. The topological polar surface area (TPSA) is 59.8 Å². The molecule has 0 atom stereocenters. The number of fused-ring (bicyclic) bond motifs is 2. The summed E-state index contributed by atoms with van der Waals surface area (Å²) in [5, 5.41) is 2.14. The predicted octanol–water partition coefficient (Wildman–Crippen LogP) is 5.89. The molecule has 4 nitrogen and oxygen atoms in total. The monoisotopic (exact) mass is 482 g/mol. The standard InChI is InChI=1S/C33H28N4/c34-30-20-22-36(32-10-3-1-8-28(30)32)26-16-12-24(13-17-26)6-5-7-25-14-18-27(19-15-25)37-23-21-31(35)29-9-2-4-11-33(29)37/h1-4,8-23,34-35H,5-7H2/p+2. The highest BCUT2D eigenvalue weighted by Gasteiger charge is 2.15. The lowest BCUT2D eigenvalue weighted by molar-refractivity contribution is -0.567. The van der Waals surface area contributed by atoms with E-state index in [-0.39, 0.29) is 0 Å². The third-order valence-corrected chi connectivity index (χ3v) is 7.12. The van der Waals surface area contributed by atoms with E-state index in [1.165, 1.54) is 11.1 Å². The lowest BCUT2D eigenvalue weighted by Crippen LogP contribution is -2.31. The van der Waals surface area contributed by atoms with Gasteiger partial charge in [0.2, 0.25) is 22.4 Å². The second-order valence-electron chi connectivity index (χ2n) is 9.50. The minimum Gasteiger partial charge on any atom is -0.398 e. The molecule has 0 bridgehead atoms. The number of hydrogen-bond donors (Lipinski definition) is 2. The van der Waals surface area contributed by atoms with Crippen LogP contribution >= 0.6 is 0 Å². The van der Waals surface area contributed by atoms with Crippen LogP contribution in [0.3, 0.4) is 0 Å². The Balaban J connectivity index is 1.12. The van der Waals surface area contributed by atoms with Crippen LogP contribution in [0, 0.1) is 0 Å². The van der Waals surface area contributed by atoms with Gasteiger partial charge in [-0.3, -0.25) is 0 Å². The average Bonchev–Trinajstić information content (AvgIpc) is 2.95. The van der Waals surface area contributed by atoms with Crippen LogP contribution < -0.4 is 20.6 Å². The van der Waals surface area contributed by atoms with Gasteiger partial charge in [-0.05, 0) is 42.5 Å². The van der Waals surface area contributed by atoms with E-state index in [2.05, 4.69) is 94.1 Å². The molecule has 0 saturated heterocycles. The van der Waals surface area contributed by atoms with Crippen molar-refractivity contribution in [2.45, 2.75) is 19.3 Å². The molecular weight excluding hydrogens is 452 g/mol. The van der Waals surface area contributed by atoms with Gasteiger partial charge in [0.05, 0.1) is 22.1 Å². The summed E-state index contributed by atoms with van der Waals surface area (Å²) in [5.74, 6) is 0. The fourth-order valence-electron chi connectivity index (χ4n) is 5.10. The Morgan fingerprint density at radius 2 is 0.865 bits per heavy atom. The molecule has 180 valence electrons. The van der Waals surface area contributed by atoms with Gasteiger partial charge in [-0.25, -0.2) is 0 Å². The Bertz CT molecular complexity index is 1580. The molecule has 2 aromatic heterocycles. The van der Waals surface area contributed by atoms with E-state index in [9.17, 15) is 0 Å². The van der Waals surface area contributed by atoms with Crippen molar-refractivity contribution in [3.05, 3.63) is 133 Å². The van der Waals surface area contributed by atoms with Crippen LogP contribution in [-0.2, 0) is 12.8 Å². The van der Waals surface area contributed by atoms with E-state index in [4.69, 9.17) is 11.5 Å². The van der Waals surface area contributed by atoms with Crippen LogP contribution in [0.15, 0.2) is 122 Å². The van der Waals surface area contributed by atoms with E-state index in [1.54, 1.807) is 0 Å². The first kappa shape index (κ1) is 22.7. The van der Waals surface area contributed by atoms with Crippen molar-refractivity contribution in [3.63, 3.8) is 0 Å². The largest absolute Gasteiger partial charge is 0.398 e. The van der Waals surface area contributed by atoms with Crippen molar-refractivity contribution in [3.8, 4) is 11.4 Å². The highest BCUT2D eigenvalue weighted by molar-refractivity contribution is 5.88. The molecule has 0 aliphatic heterocycles. The van der Waals surface area contributed by atoms with Crippen molar-refractivity contribution >= 4 is 33.2 Å². The van der Waals surface area contributed by atoms with Crippen LogP contribution in [0.25, 0.3) is 33.2 Å². The molecule has 0 unspecified atom stereocenters. The number of nitrogens with zero attached hydrogens (tertiary/aromatic N) is 2. The summed E-state index contributed by atoms with van der Waals surface area (Å²) in [7, 11) is 0. The molecule has 37 heavy (non-hydrogen) atoms. The van der Waals surface area contributed by atoms with Gasteiger partial charge in [-0.1, -0.05) is 48.5 Å². The average molecular weight is 483 g/mol. The van der Waals surface area contributed by atoms with Gasteiger partial charge in [0.1, 0.15) is 0 Å². The third kappa shape index (κ3) is 4.50. The fourth-order valence-corrected chi connectivity index (χ4v) is 5.10. The van der Waals surface area contributed by atoms with Crippen LogP contribution in [0.1, 0.15) is 17.5 Å². The summed E-state index contributed by atoms with van der Waals surface area (Å²) in [6.45, 7) is 0. The van der Waals surface area contributed by atoms with E-state index in [1.807, 2.05) is 36.7 Å². The van der Waals surface area contributed by atoms with Crippen molar-refractivity contribution in [1.82, 2.24) is 0 Å². The molecule has 0 aliphatic carbocycles. The fraction of sp³-hybridized carbons (Fsp3) is 0.0909. The zero-order valence-electron chi connectivity index (χ0n) is 20.7. The number of rotatable bonds is 6. The summed E-state index contributed by atoms with van der Waals surface area (Å²) in [6.07, 6.45) is 7.29. The molecule has 4 N–H and O–H groups in total. The normalized spacial score (nSPS) is 11.2. The maximum atomic E-state index is 6.18. The molecule has 0 aliphatic rings. The summed E-state index contributed by atoms with van der Waals surface area (Å²) >= 11 is 0. The van der Waals surface area contributed by atoms with Crippen molar-refractivity contribution < 1.29 is 9.13 Å². The van der Waals surface area contributed by atoms with Crippen LogP contribution in [0.2, 0.25) is 0 Å². The van der Waals surface area contributed by atoms with Gasteiger partial charge < -0.3 is 11.5 Å². The quantitative estimate of drug-likeness (QED) is 0.291. The van der Waals surface area contributed by atoms with Gasteiger partial charge >= 0.3 is 0 Å². The first-order valence-corrected chi connectivity index (χ1v) is 12.7. The summed E-state index contributed by atoms with van der Waals surface area (Å²) in [5.41, 5.74) is 21.2. The summed E-state index contributed by atoms with van der Waals surface area (Å²) in [4.78, 5) is 0.